The summed E-state index contributed by atoms with van der Waals surface area (Å²) in [5, 5.41) is 10.1. The molecule has 0 amide bonds. The van der Waals surface area contributed by atoms with Crippen molar-refractivity contribution in [3.8, 4) is 17.0 Å². The van der Waals surface area contributed by atoms with Crippen molar-refractivity contribution in [1.82, 2.24) is 20.1 Å². The standard InChI is InChI=1S/C24H26F3N5OS/c1-15(2)33-20-7-5-17(6-8-20)23(34)29-12-16(3)11-28-19-9-21(18-13-30-32(4)14-18)31-22(10-19)24(25,26)27/h5-10,12-15H,11H2,1-4H3,(H,28,31)(H,29,34)/b16-12+. The van der Waals surface area contributed by atoms with Crippen molar-refractivity contribution in [3.63, 3.8) is 0 Å². The normalized spacial score (nSPS) is 12.1. The first-order chi connectivity index (χ1) is 16.0. The quantitative estimate of drug-likeness (QED) is 0.404. The summed E-state index contributed by atoms with van der Waals surface area (Å²) < 4.78 is 47.2. The first kappa shape index (κ1) is 25.2. The Kier molecular flexibility index (Phi) is 7.93. The van der Waals surface area contributed by atoms with Gasteiger partial charge in [-0.3, -0.25) is 4.68 Å². The third-order valence-corrected chi connectivity index (χ3v) is 4.98. The van der Waals surface area contributed by atoms with Gasteiger partial charge in [0.1, 0.15) is 16.4 Å². The van der Waals surface area contributed by atoms with Gasteiger partial charge < -0.3 is 15.4 Å². The fraction of sp³-hybridized carbons (Fsp3) is 0.292. The lowest BCUT2D eigenvalue weighted by atomic mass is 10.2. The van der Waals surface area contributed by atoms with Crippen molar-refractivity contribution in [2.45, 2.75) is 33.1 Å². The topological polar surface area (TPSA) is 64.0 Å². The van der Waals surface area contributed by atoms with Gasteiger partial charge in [0, 0.05) is 42.8 Å². The van der Waals surface area contributed by atoms with E-state index in [4.69, 9.17) is 17.0 Å². The van der Waals surface area contributed by atoms with Gasteiger partial charge in [-0.15, -0.1) is 0 Å². The second-order valence-corrected chi connectivity index (χ2v) is 8.44. The molecule has 0 aliphatic carbocycles. The second kappa shape index (κ2) is 10.7. The zero-order valence-electron chi connectivity index (χ0n) is 19.3. The average molecular weight is 490 g/mol. The predicted molar refractivity (Wildman–Crippen MR) is 131 cm³/mol. The molecule has 0 aliphatic heterocycles. The van der Waals surface area contributed by atoms with Crippen LogP contribution in [0.25, 0.3) is 11.3 Å². The van der Waals surface area contributed by atoms with E-state index in [1.54, 1.807) is 25.5 Å². The average Bonchev–Trinajstić information content (AvgIpc) is 3.21. The van der Waals surface area contributed by atoms with E-state index in [2.05, 4.69) is 20.7 Å². The van der Waals surface area contributed by atoms with E-state index in [1.807, 2.05) is 45.0 Å². The van der Waals surface area contributed by atoms with Gasteiger partial charge in [-0.05, 0) is 62.7 Å². The lowest BCUT2D eigenvalue weighted by Crippen LogP contribution is -2.18. The zero-order valence-corrected chi connectivity index (χ0v) is 20.1. The molecule has 34 heavy (non-hydrogen) atoms. The minimum Gasteiger partial charge on any atom is -0.491 e. The summed E-state index contributed by atoms with van der Waals surface area (Å²) in [4.78, 5) is 4.28. The van der Waals surface area contributed by atoms with Crippen molar-refractivity contribution in [2.24, 2.45) is 7.05 Å². The molecular formula is C24H26F3N5OS. The number of nitrogens with one attached hydrogen (secondary N) is 2. The van der Waals surface area contributed by atoms with E-state index < -0.39 is 11.9 Å². The van der Waals surface area contributed by atoms with Crippen LogP contribution in [0.3, 0.4) is 0 Å². The van der Waals surface area contributed by atoms with Crippen LogP contribution in [-0.4, -0.2) is 32.4 Å². The Balaban J connectivity index is 1.66. The lowest BCUT2D eigenvalue weighted by Gasteiger charge is -2.13. The number of ether oxygens (including phenoxy) is 1. The Bertz CT molecular complexity index is 1170. The van der Waals surface area contributed by atoms with Crippen molar-refractivity contribution in [1.29, 1.82) is 0 Å². The highest BCUT2D eigenvalue weighted by atomic mass is 32.1. The Labute approximate surface area is 201 Å². The fourth-order valence-electron chi connectivity index (χ4n) is 3.00. The Morgan fingerprint density at radius 2 is 1.91 bits per heavy atom. The number of hydrogen-bond acceptors (Lipinski definition) is 5. The molecule has 10 heteroatoms. The van der Waals surface area contributed by atoms with Crippen LogP contribution in [0.1, 0.15) is 32.0 Å². The van der Waals surface area contributed by atoms with E-state index in [0.717, 1.165) is 23.0 Å². The molecule has 180 valence electrons. The highest BCUT2D eigenvalue weighted by Crippen LogP contribution is 2.32. The molecule has 3 rings (SSSR count). The predicted octanol–water partition coefficient (Wildman–Crippen LogP) is 5.57. The maximum absolute atomic E-state index is 13.4. The molecular weight excluding hydrogens is 463 g/mol. The van der Waals surface area contributed by atoms with Crippen LogP contribution in [0, 0.1) is 0 Å². The molecule has 0 fully saturated rings. The Morgan fingerprint density at radius 1 is 1.21 bits per heavy atom. The summed E-state index contributed by atoms with van der Waals surface area (Å²) in [5.41, 5.74) is 1.69. The minimum atomic E-state index is -4.57. The van der Waals surface area contributed by atoms with Gasteiger partial charge in [0.25, 0.3) is 0 Å². The number of hydrogen-bond donors (Lipinski definition) is 2. The summed E-state index contributed by atoms with van der Waals surface area (Å²) in [5.74, 6) is 0.763. The van der Waals surface area contributed by atoms with E-state index >= 15 is 0 Å². The maximum atomic E-state index is 13.4. The molecule has 1 aromatic carbocycles. The first-order valence-corrected chi connectivity index (χ1v) is 11.0. The van der Waals surface area contributed by atoms with Gasteiger partial charge in [0.15, 0.2) is 0 Å². The number of rotatable bonds is 8. The second-order valence-electron chi connectivity index (χ2n) is 8.04. The van der Waals surface area contributed by atoms with Gasteiger partial charge >= 0.3 is 6.18 Å². The van der Waals surface area contributed by atoms with Crippen molar-refractivity contribution in [2.75, 3.05) is 11.9 Å². The molecule has 0 aliphatic rings. The minimum absolute atomic E-state index is 0.0852. The molecule has 2 aromatic heterocycles. The van der Waals surface area contributed by atoms with Crippen molar-refractivity contribution < 1.29 is 17.9 Å². The highest BCUT2D eigenvalue weighted by molar-refractivity contribution is 7.80. The molecule has 0 saturated heterocycles. The van der Waals surface area contributed by atoms with Gasteiger partial charge in [0.05, 0.1) is 18.0 Å². The van der Waals surface area contributed by atoms with Crippen molar-refractivity contribution in [3.05, 3.63) is 71.8 Å². The van der Waals surface area contributed by atoms with Crippen LogP contribution in [-0.2, 0) is 13.2 Å². The third-order valence-electron chi connectivity index (χ3n) is 4.63. The number of anilines is 1. The summed E-state index contributed by atoms with van der Waals surface area (Å²) in [7, 11) is 1.69. The molecule has 0 spiro atoms. The van der Waals surface area contributed by atoms with Crippen molar-refractivity contribution >= 4 is 22.9 Å². The lowest BCUT2D eigenvalue weighted by molar-refractivity contribution is -0.141. The van der Waals surface area contributed by atoms with Crippen LogP contribution in [0.5, 0.6) is 5.75 Å². The number of aryl methyl sites for hydroxylation is 1. The van der Waals surface area contributed by atoms with Crippen LogP contribution in [0.2, 0.25) is 0 Å². The number of alkyl halides is 3. The number of aromatic nitrogens is 3. The van der Waals surface area contributed by atoms with E-state index in [1.165, 1.54) is 10.9 Å². The number of nitrogens with zero attached hydrogens (tertiary/aromatic N) is 3. The number of thiocarbonyl (C=S) groups is 1. The smallest absolute Gasteiger partial charge is 0.433 e. The molecule has 0 radical (unpaired) electrons. The summed E-state index contributed by atoms with van der Waals surface area (Å²) in [6.07, 6.45) is 0.334. The van der Waals surface area contributed by atoms with Gasteiger partial charge in [0.2, 0.25) is 0 Å². The summed E-state index contributed by atoms with van der Waals surface area (Å²) in [6, 6.07) is 9.99. The van der Waals surface area contributed by atoms with E-state index in [-0.39, 0.29) is 11.8 Å². The number of pyridine rings is 1. The molecule has 0 atom stereocenters. The highest BCUT2D eigenvalue weighted by Gasteiger charge is 2.33. The zero-order chi connectivity index (χ0) is 24.9. The largest absolute Gasteiger partial charge is 0.491 e. The molecule has 2 heterocycles. The van der Waals surface area contributed by atoms with Crippen LogP contribution < -0.4 is 15.4 Å². The maximum Gasteiger partial charge on any atom is 0.433 e. The number of halogens is 3. The van der Waals surface area contributed by atoms with E-state index in [0.29, 0.717) is 22.8 Å². The summed E-state index contributed by atoms with van der Waals surface area (Å²) in [6.45, 7) is 6.06. The Hall–Kier alpha value is -3.40. The Morgan fingerprint density at radius 3 is 2.50 bits per heavy atom. The van der Waals surface area contributed by atoms with Gasteiger partial charge in [-0.1, -0.05) is 12.2 Å². The monoisotopic (exact) mass is 489 g/mol. The fourth-order valence-corrected chi connectivity index (χ4v) is 3.20. The molecule has 2 N–H and O–H groups in total. The van der Waals surface area contributed by atoms with Gasteiger partial charge in [-0.2, -0.15) is 18.3 Å². The number of benzene rings is 1. The molecule has 0 unspecified atom stereocenters. The van der Waals surface area contributed by atoms with Crippen LogP contribution in [0.4, 0.5) is 18.9 Å². The van der Waals surface area contributed by atoms with Crippen LogP contribution >= 0.6 is 12.2 Å². The van der Waals surface area contributed by atoms with Crippen LogP contribution in [0.15, 0.2) is 60.6 Å². The van der Waals surface area contributed by atoms with E-state index in [9.17, 15) is 13.2 Å². The molecule has 6 nitrogen and oxygen atoms in total. The molecule has 3 aromatic rings. The summed E-state index contributed by atoms with van der Waals surface area (Å²) >= 11 is 5.42. The third kappa shape index (κ3) is 7.05. The SMILES string of the molecule is C/C(=C\NC(=S)c1ccc(OC(C)C)cc1)CNc1cc(-c2cnn(C)c2)nc(C(F)(F)F)c1. The molecule has 0 bridgehead atoms. The molecule has 0 saturated carbocycles. The van der Waals surface area contributed by atoms with Gasteiger partial charge in [-0.25, -0.2) is 4.98 Å². The first-order valence-electron chi connectivity index (χ1n) is 10.6.